The van der Waals surface area contributed by atoms with E-state index in [1.54, 1.807) is 17.8 Å². The first-order valence-electron chi connectivity index (χ1n) is 6.10. The van der Waals surface area contributed by atoms with Gasteiger partial charge in [0.1, 0.15) is 12.4 Å². The van der Waals surface area contributed by atoms with E-state index in [-0.39, 0.29) is 0 Å². The van der Waals surface area contributed by atoms with Gasteiger partial charge in [-0.2, -0.15) is 5.10 Å². The Balaban J connectivity index is 2.07. The number of benzene rings is 1. The summed E-state index contributed by atoms with van der Waals surface area (Å²) in [4.78, 5) is 0. The number of ether oxygens (including phenoxy) is 1. The fourth-order valence-electron chi connectivity index (χ4n) is 1.79. The summed E-state index contributed by atoms with van der Waals surface area (Å²) in [7, 11) is 0. The molecular formula is C14H17N3O2. The molecule has 0 amide bonds. The molecule has 1 aromatic carbocycles. The second-order valence-electron chi connectivity index (χ2n) is 4.30. The van der Waals surface area contributed by atoms with Gasteiger partial charge in [-0.15, -0.1) is 0 Å². The minimum Gasteiger partial charge on any atom is -0.491 e. The van der Waals surface area contributed by atoms with Gasteiger partial charge in [0.2, 0.25) is 0 Å². The van der Waals surface area contributed by atoms with Crippen LogP contribution in [0.4, 0.5) is 0 Å². The standard InChI is InChI=1S/C14H17N3O2/c1-11-4-5-14(13(10-11)12(2)16-18)19-9-8-17-7-3-6-15-17/h3-7,10,18H,8-9H2,1-2H3/b16-12-. The number of nitrogens with zero attached hydrogens (tertiary/aromatic N) is 3. The summed E-state index contributed by atoms with van der Waals surface area (Å²) >= 11 is 0. The Morgan fingerprint density at radius 2 is 2.32 bits per heavy atom. The van der Waals surface area contributed by atoms with Crippen LogP contribution in [0.25, 0.3) is 0 Å². The maximum atomic E-state index is 8.90. The van der Waals surface area contributed by atoms with Crippen molar-refractivity contribution in [2.45, 2.75) is 20.4 Å². The zero-order valence-corrected chi connectivity index (χ0v) is 11.1. The number of rotatable bonds is 5. The number of oxime groups is 1. The van der Waals surface area contributed by atoms with Gasteiger partial charge in [-0.1, -0.05) is 16.8 Å². The molecule has 0 aliphatic heterocycles. The fraction of sp³-hybridized carbons (Fsp3) is 0.286. The van der Waals surface area contributed by atoms with E-state index in [1.807, 2.05) is 37.4 Å². The van der Waals surface area contributed by atoms with Crippen molar-refractivity contribution < 1.29 is 9.94 Å². The van der Waals surface area contributed by atoms with Crippen molar-refractivity contribution in [3.05, 3.63) is 47.8 Å². The molecule has 19 heavy (non-hydrogen) atoms. The number of hydrogen-bond donors (Lipinski definition) is 1. The smallest absolute Gasteiger partial charge is 0.128 e. The highest BCUT2D eigenvalue weighted by Crippen LogP contribution is 2.21. The number of hydrogen-bond acceptors (Lipinski definition) is 4. The highest BCUT2D eigenvalue weighted by molar-refractivity contribution is 6.00. The Morgan fingerprint density at radius 3 is 3.00 bits per heavy atom. The molecule has 100 valence electrons. The summed E-state index contributed by atoms with van der Waals surface area (Å²) in [6, 6.07) is 7.68. The lowest BCUT2D eigenvalue weighted by Gasteiger charge is -2.11. The molecule has 0 saturated carbocycles. The average molecular weight is 259 g/mol. The van der Waals surface area contributed by atoms with Crippen molar-refractivity contribution in [3.8, 4) is 5.75 Å². The van der Waals surface area contributed by atoms with Crippen LogP contribution in [0.15, 0.2) is 41.8 Å². The molecule has 0 radical (unpaired) electrons. The van der Waals surface area contributed by atoms with Crippen LogP contribution in [0, 0.1) is 6.92 Å². The lowest BCUT2D eigenvalue weighted by atomic mass is 10.1. The molecule has 0 bridgehead atoms. The van der Waals surface area contributed by atoms with Crippen molar-refractivity contribution >= 4 is 5.71 Å². The first-order valence-corrected chi connectivity index (χ1v) is 6.10. The Hall–Kier alpha value is -2.30. The third kappa shape index (κ3) is 3.34. The zero-order valence-electron chi connectivity index (χ0n) is 11.1. The largest absolute Gasteiger partial charge is 0.491 e. The van der Waals surface area contributed by atoms with Crippen LogP contribution in [0.5, 0.6) is 5.75 Å². The van der Waals surface area contributed by atoms with E-state index in [4.69, 9.17) is 9.94 Å². The van der Waals surface area contributed by atoms with Gasteiger partial charge in [0.25, 0.3) is 0 Å². The second kappa shape index (κ2) is 6.04. The average Bonchev–Trinajstić information content (AvgIpc) is 2.92. The molecule has 0 aliphatic carbocycles. The van der Waals surface area contributed by atoms with E-state index in [0.29, 0.717) is 24.6 Å². The molecule has 0 aliphatic rings. The predicted octanol–water partition coefficient (Wildman–Crippen LogP) is 2.47. The van der Waals surface area contributed by atoms with Gasteiger partial charge in [-0.3, -0.25) is 4.68 Å². The van der Waals surface area contributed by atoms with E-state index in [1.165, 1.54) is 0 Å². The quantitative estimate of drug-likeness (QED) is 0.510. The van der Waals surface area contributed by atoms with Crippen LogP contribution in [0.3, 0.4) is 0 Å². The van der Waals surface area contributed by atoms with E-state index >= 15 is 0 Å². The topological polar surface area (TPSA) is 59.6 Å². The van der Waals surface area contributed by atoms with E-state index < -0.39 is 0 Å². The molecule has 5 nitrogen and oxygen atoms in total. The van der Waals surface area contributed by atoms with Crippen molar-refractivity contribution in [2.24, 2.45) is 5.16 Å². The summed E-state index contributed by atoms with van der Waals surface area (Å²) in [5, 5.41) is 16.2. The molecule has 0 saturated heterocycles. The van der Waals surface area contributed by atoms with Gasteiger partial charge >= 0.3 is 0 Å². The Morgan fingerprint density at radius 1 is 1.47 bits per heavy atom. The highest BCUT2D eigenvalue weighted by atomic mass is 16.5. The van der Waals surface area contributed by atoms with Gasteiger partial charge in [-0.25, -0.2) is 0 Å². The fourth-order valence-corrected chi connectivity index (χ4v) is 1.79. The molecule has 1 heterocycles. The van der Waals surface area contributed by atoms with E-state index in [0.717, 1.165) is 11.1 Å². The summed E-state index contributed by atoms with van der Waals surface area (Å²) in [6.07, 6.45) is 3.62. The lowest BCUT2D eigenvalue weighted by Crippen LogP contribution is -2.10. The minimum absolute atomic E-state index is 0.510. The van der Waals surface area contributed by atoms with E-state index in [9.17, 15) is 0 Å². The number of aromatic nitrogens is 2. The van der Waals surface area contributed by atoms with Crippen molar-refractivity contribution in [1.29, 1.82) is 0 Å². The normalized spacial score (nSPS) is 11.6. The molecule has 0 fully saturated rings. The molecule has 0 atom stereocenters. The van der Waals surface area contributed by atoms with Gasteiger partial charge in [0, 0.05) is 18.0 Å². The molecule has 2 aromatic rings. The minimum atomic E-state index is 0.510. The third-order valence-electron chi connectivity index (χ3n) is 2.81. The maximum absolute atomic E-state index is 8.90. The lowest BCUT2D eigenvalue weighted by molar-refractivity contribution is 0.289. The molecule has 0 unspecified atom stereocenters. The van der Waals surface area contributed by atoms with Crippen LogP contribution >= 0.6 is 0 Å². The van der Waals surface area contributed by atoms with Gasteiger partial charge in [0.05, 0.1) is 12.3 Å². The van der Waals surface area contributed by atoms with Crippen LogP contribution in [0.2, 0.25) is 0 Å². The summed E-state index contributed by atoms with van der Waals surface area (Å²) in [5.74, 6) is 0.716. The van der Waals surface area contributed by atoms with Crippen LogP contribution in [0.1, 0.15) is 18.1 Å². The van der Waals surface area contributed by atoms with Crippen molar-refractivity contribution in [1.82, 2.24) is 9.78 Å². The first kappa shape index (κ1) is 13.1. The van der Waals surface area contributed by atoms with Gasteiger partial charge in [-0.05, 0) is 32.0 Å². The summed E-state index contributed by atoms with van der Waals surface area (Å²) < 4.78 is 7.54. The molecule has 0 spiro atoms. The number of aryl methyl sites for hydroxylation is 1. The van der Waals surface area contributed by atoms with Crippen LogP contribution in [-0.4, -0.2) is 27.3 Å². The highest BCUT2D eigenvalue weighted by Gasteiger charge is 2.08. The Kier molecular flexibility index (Phi) is 4.18. The molecule has 2 rings (SSSR count). The van der Waals surface area contributed by atoms with E-state index in [2.05, 4.69) is 10.3 Å². The zero-order chi connectivity index (χ0) is 13.7. The SMILES string of the molecule is C/C(=N/O)c1cc(C)ccc1OCCn1cccn1. The summed E-state index contributed by atoms with van der Waals surface area (Å²) in [6.45, 7) is 4.92. The Bertz CT molecular complexity index is 562. The molecular weight excluding hydrogens is 242 g/mol. The predicted molar refractivity (Wildman–Crippen MR) is 72.9 cm³/mol. The maximum Gasteiger partial charge on any atom is 0.128 e. The molecule has 5 heteroatoms. The summed E-state index contributed by atoms with van der Waals surface area (Å²) in [5.41, 5.74) is 2.44. The Labute approximate surface area is 112 Å². The van der Waals surface area contributed by atoms with Crippen LogP contribution < -0.4 is 4.74 Å². The van der Waals surface area contributed by atoms with Crippen LogP contribution in [-0.2, 0) is 6.54 Å². The van der Waals surface area contributed by atoms with Crippen molar-refractivity contribution in [2.75, 3.05) is 6.61 Å². The van der Waals surface area contributed by atoms with Crippen molar-refractivity contribution in [3.63, 3.8) is 0 Å². The third-order valence-corrected chi connectivity index (χ3v) is 2.81. The van der Waals surface area contributed by atoms with Gasteiger partial charge < -0.3 is 9.94 Å². The molecule has 1 N–H and O–H groups in total. The first-order chi connectivity index (χ1) is 9.20. The monoisotopic (exact) mass is 259 g/mol. The second-order valence-corrected chi connectivity index (χ2v) is 4.30. The molecule has 1 aromatic heterocycles. The van der Waals surface area contributed by atoms with Gasteiger partial charge in [0.15, 0.2) is 0 Å².